The van der Waals surface area contributed by atoms with Crippen molar-refractivity contribution in [1.82, 2.24) is 4.90 Å². The fraction of sp³-hybridized carbons (Fsp3) is 0.200. The van der Waals surface area contributed by atoms with Crippen molar-refractivity contribution in [3.8, 4) is 11.5 Å². The van der Waals surface area contributed by atoms with Gasteiger partial charge in [-0.25, -0.2) is 0 Å². The van der Waals surface area contributed by atoms with Gasteiger partial charge in [0.25, 0.3) is 0 Å². The number of nitro groups is 1. The van der Waals surface area contributed by atoms with Crippen LogP contribution in [0.1, 0.15) is 28.4 Å². The predicted octanol–water partition coefficient (Wildman–Crippen LogP) is 5.66. The maximum Gasteiger partial charge on any atom is 0.311 e. The van der Waals surface area contributed by atoms with E-state index >= 15 is 0 Å². The number of aliphatic hydroxyl groups excluding tert-OH is 1. The van der Waals surface area contributed by atoms with Crippen LogP contribution in [0.2, 0.25) is 0 Å². The van der Waals surface area contributed by atoms with Crippen molar-refractivity contribution in [1.29, 1.82) is 0 Å². The minimum Gasteiger partial charge on any atom is -0.508 e. The number of nitrogens with zero attached hydrogens (tertiary/aromatic N) is 2. The van der Waals surface area contributed by atoms with Gasteiger partial charge in [-0.15, -0.1) is 0 Å². The molecule has 4 aromatic rings. The lowest BCUT2D eigenvalue weighted by Gasteiger charge is -2.25. The fourth-order valence-electron chi connectivity index (χ4n) is 4.12. The van der Waals surface area contributed by atoms with Gasteiger partial charge in [0.1, 0.15) is 12.4 Å². The molecule has 4 aromatic carbocycles. The molecule has 7 nitrogen and oxygen atoms in total. The third-order valence-corrected chi connectivity index (χ3v) is 6.13. The van der Waals surface area contributed by atoms with E-state index in [4.69, 9.17) is 4.74 Å². The van der Waals surface area contributed by atoms with Gasteiger partial charge in [-0.05, 0) is 46.9 Å². The Morgan fingerprint density at radius 2 is 1.49 bits per heavy atom. The number of hydrogen-bond donors (Lipinski definition) is 2. The average Bonchev–Trinajstić information content (AvgIpc) is 2.92. The van der Waals surface area contributed by atoms with Crippen LogP contribution in [-0.4, -0.2) is 33.1 Å². The molecule has 0 aliphatic heterocycles. The van der Waals surface area contributed by atoms with E-state index in [9.17, 15) is 20.3 Å². The SMILES string of the molecule is O=[N+]([O-])c1cc(C(O)CN(CCc2ccc(O)cc2)Cc2ccccc2)ccc1OCc1ccccc1. The Hall–Kier alpha value is -4.20. The molecule has 1 unspecified atom stereocenters. The summed E-state index contributed by atoms with van der Waals surface area (Å²) in [4.78, 5) is 13.4. The normalized spacial score (nSPS) is 11.8. The Morgan fingerprint density at radius 1 is 0.838 bits per heavy atom. The molecule has 1 atom stereocenters. The summed E-state index contributed by atoms with van der Waals surface area (Å²) in [7, 11) is 0. The van der Waals surface area contributed by atoms with Gasteiger partial charge in [-0.1, -0.05) is 78.9 Å². The summed E-state index contributed by atoms with van der Waals surface area (Å²) in [5, 5.41) is 32.4. The summed E-state index contributed by atoms with van der Waals surface area (Å²) in [6, 6.07) is 31.1. The van der Waals surface area contributed by atoms with Crippen LogP contribution in [0.4, 0.5) is 5.69 Å². The average molecular weight is 499 g/mol. The summed E-state index contributed by atoms with van der Waals surface area (Å²) in [5.41, 5.74) is 3.37. The first-order valence-electron chi connectivity index (χ1n) is 12.2. The van der Waals surface area contributed by atoms with E-state index in [-0.39, 0.29) is 23.8 Å². The van der Waals surface area contributed by atoms with Gasteiger partial charge in [0.05, 0.1) is 11.0 Å². The largest absolute Gasteiger partial charge is 0.508 e. The van der Waals surface area contributed by atoms with E-state index in [0.29, 0.717) is 25.2 Å². The van der Waals surface area contributed by atoms with Gasteiger partial charge in [-0.2, -0.15) is 0 Å². The van der Waals surface area contributed by atoms with Crippen LogP contribution in [0.3, 0.4) is 0 Å². The molecular formula is C30H30N2O5. The number of hydrogen-bond acceptors (Lipinski definition) is 6. The van der Waals surface area contributed by atoms with Crippen molar-refractivity contribution in [3.63, 3.8) is 0 Å². The molecule has 7 heteroatoms. The van der Waals surface area contributed by atoms with E-state index in [1.165, 1.54) is 6.07 Å². The van der Waals surface area contributed by atoms with Crippen LogP contribution in [0, 0.1) is 10.1 Å². The molecule has 0 spiro atoms. The van der Waals surface area contributed by atoms with Gasteiger partial charge >= 0.3 is 5.69 Å². The first-order valence-corrected chi connectivity index (χ1v) is 12.2. The monoisotopic (exact) mass is 498 g/mol. The molecule has 0 bridgehead atoms. The molecule has 0 heterocycles. The summed E-state index contributed by atoms with van der Waals surface area (Å²) < 4.78 is 5.72. The lowest BCUT2D eigenvalue weighted by molar-refractivity contribution is -0.386. The first kappa shape index (κ1) is 25.9. The van der Waals surface area contributed by atoms with Crippen LogP contribution >= 0.6 is 0 Å². The second-order valence-corrected chi connectivity index (χ2v) is 8.91. The molecule has 0 amide bonds. The molecule has 0 saturated carbocycles. The molecular weight excluding hydrogens is 468 g/mol. The van der Waals surface area contributed by atoms with Crippen molar-refractivity contribution >= 4 is 5.69 Å². The van der Waals surface area contributed by atoms with Crippen LogP contribution in [0.5, 0.6) is 11.5 Å². The molecule has 0 aliphatic carbocycles. The predicted molar refractivity (Wildman–Crippen MR) is 142 cm³/mol. The molecule has 0 saturated heterocycles. The van der Waals surface area contributed by atoms with E-state index in [1.54, 1.807) is 24.3 Å². The molecule has 0 radical (unpaired) electrons. The Bertz CT molecular complexity index is 1280. The Balaban J connectivity index is 1.47. The maximum absolute atomic E-state index is 11.8. The first-order chi connectivity index (χ1) is 18.0. The highest BCUT2D eigenvalue weighted by Gasteiger charge is 2.21. The number of aromatic hydroxyl groups is 1. The molecule has 37 heavy (non-hydrogen) atoms. The number of benzene rings is 4. The van der Waals surface area contributed by atoms with Crippen molar-refractivity contribution in [2.75, 3.05) is 13.1 Å². The van der Waals surface area contributed by atoms with Gasteiger partial charge in [0.15, 0.2) is 5.75 Å². The molecule has 190 valence electrons. The number of ether oxygens (including phenoxy) is 1. The van der Waals surface area contributed by atoms with Gasteiger partial charge < -0.3 is 14.9 Å². The molecule has 0 aromatic heterocycles. The van der Waals surface area contributed by atoms with E-state index in [1.807, 2.05) is 72.8 Å². The highest BCUT2D eigenvalue weighted by Crippen LogP contribution is 2.31. The van der Waals surface area contributed by atoms with Gasteiger partial charge in [0.2, 0.25) is 0 Å². The zero-order valence-electron chi connectivity index (χ0n) is 20.4. The second-order valence-electron chi connectivity index (χ2n) is 8.91. The Labute approximate surface area is 216 Å². The van der Waals surface area contributed by atoms with Crippen LogP contribution in [0.15, 0.2) is 103 Å². The van der Waals surface area contributed by atoms with Crippen molar-refractivity contribution < 1.29 is 19.9 Å². The Kier molecular flexibility index (Phi) is 8.86. The molecule has 0 aliphatic rings. The summed E-state index contributed by atoms with van der Waals surface area (Å²) in [6.45, 7) is 1.80. The quantitative estimate of drug-likeness (QED) is 0.193. The van der Waals surface area contributed by atoms with Gasteiger partial charge in [0, 0.05) is 25.7 Å². The minimum atomic E-state index is -0.926. The van der Waals surface area contributed by atoms with Crippen molar-refractivity contribution in [2.24, 2.45) is 0 Å². The number of nitro benzene ring substituents is 1. The molecule has 0 fully saturated rings. The third-order valence-electron chi connectivity index (χ3n) is 6.13. The number of phenols is 1. The lowest BCUT2D eigenvalue weighted by Crippen LogP contribution is -2.30. The third kappa shape index (κ3) is 7.64. The van der Waals surface area contributed by atoms with Gasteiger partial charge in [-0.3, -0.25) is 15.0 Å². The fourth-order valence-corrected chi connectivity index (χ4v) is 4.12. The minimum absolute atomic E-state index is 0.165. The standard InChI is InChI=1S/C30H30N2O5/c33-27-14-11-23(12-15-27)17-18-31(20-24-7-3-1-4-8-24)21-29(34)26-13-16-30(28(19-26)32(35)36)37-22-25-9-5-2-6-10-25/h1-16,19,29,33-34H,17-18,20-22H2. The zero-order valence-corrected chi connectivity index (χ0v) is 20.4. The topological polar surface area (TPSA) is 96.1 Å². The van der Waals surface area contributed by atoms with Crippen LogP contribution in [0.25, 0.3) is 0 Å². The number of rotatable bonds is 12. The van der Waals surface area contributed by atoms with Crippen LogP contribution < -0.4 is 4.74 Å². The zero-order chi connectivity index (χ0) is 26.0. The van der Waals surface area contributed by atoms with Crippen molar-refractivity contribution in [2.45, 2.75) is 25.7 Å². The Morgan fingerprint density at radius 3 is 2.14 bits per heavy atom. The number of aliphatic hydroxyl groups is 1. The van der Waals surface area contributed by atoms with E-state index in [0.717, 1.165) is 23.1 Å². The maximum atomic E-state index is 11.8. The highest BCUT2D eigenvalue weighted by atomic mass is 16.6. The summed E-state index contributed by atoms with van der Waals surface area (Å²) in [6.07, 6.45) is -0.197. The molecule has 4 rings (SSSR count). The van der Waals surface area contributed by atoms with Crippen LogP contribution in [-0.2, 0) is 19.6 Å². The highest BCUT2D eigenvalue weighted by molar-refractivity contribution is 5.49. The van der Waals surface area contributed by atoms with E-state index < -0.39 is 11.0 Å². The lowest BCUT2D eigenvalue weighted by atomic mass is 10.1. The summed E-state index contributed by atoms with van der Waals surface area (Å²) >= 11 is 0. The summed E-state index contributed by atoms with van der Waals surface area (Å²) in [5.74, 6) is 0.386. The van der Waals surface area contributed by atoms with E-state index in [2.05, 4.69) is 4.90 Å². The molecule has 2 N–H and O–H groups in total. The van der Waals surface area contributed by atoms with Crippen molar-refractivity contribution in [3.05, 3.63) is 135 Å². The second kappa shape index (κ2) is 12.7. The smallest absolute Gasteiger partial charge is 0.311 e. The number of phenolic OH excluding ortho intramolecular Hbond substituents is 1.